The van der Waals surface area contributed by atoms with Gasteiger partial charge in [-0.2, -0.15) is 0 Å². The molecule has 21 heavy (non-hydrogen) atoms. The van der Waals surface area contributed by atoms with Crippen molar-refractivity contribution in [1.29, 1.82) is 0 Å². The molecule has 0 spiro atoms. The summed E-state index contributed by atoms with van der Waals surface area (Å²) in [5.74, 6) is 0.563. The van der Waals surface area contributed by atoms with Crippen LogP contribution < -0.4 is 4.90 Å². The van der Waals surface area contributed by atoms with Crippen molar-refractivity contribution in [2.24, 2.45) is 5.92 Å². The second-order valence-electron chi connectivity index (χ2n) is 5.93. The molecule has 0 saturated carbocycles. The van der Waals surface area contributed by atoms with Gasteiger partial charge in [0.05, 0.1) is 11.9 Å². The highest BCUT2D eigenvalue weighted by Crippen LogP contribution is 2.36. The van der Waals surface area contributed by atoms with E-state index in [1.165, 1.54) is 36.2 Å². The van der Waals surface area contributed by atoms with Gasteiger partial charge in [0.1, 0.15) is 0 Å². The minimum atomic E-state index is 0.563. The molecular formula is C18H19N3. The fourth-order valence-electron chi connectivity index (χ4n) is 3.56. The number of rotatable bonds is 2. The van der Waals surface area contributed by atoms with Crippen molar-refractivity contribution in [3.05, 3.63) is 59.7 Å². The quantitative estimate of drug-likeness (QED) is 0.844. The lowest BCUT2D eigenvalue weighted by Crippen LogP contribution is -2.38. The molecule has 106 valence electrons. The van der Waals surface area contributed by atoms with E-state index in [9.17, 15) is 0 Å². The molecule has 0 radical (unpaired) electrons. The van der Waals surface area contributed by atoms with E-state index in [-0.39, 0.29) is 0 Å². The van der Waals surface area contributed by atoms with Crippen LogP contribution in [-0.4, -0.2) is 23.1 Å². The summed E-state index contributed by atoms with van der Waals surface area (Å²) in [6.07, 6.45) is 13.3. The van der Waals surface area contributed by atoms with Crippen molar-refractivity contribution in [1.82, 2.24) is 9.97 Å². The standard InChI is InChI=1S/C18H19N3/c1-3-15-5-2-10-21-13-14(11-16(4-1)18(15)21)6-7-17-12-19-8-9-20-17/h1,3-4,6-9,12,14H,2,5,10-11,13H2. The smallest absolute Gasteiger partial charge is 0.0809 e. The lowest BCUT2D eigenvalue weighted by Gasteiger charge is -2.39. The van der Waals surface area contributed by atoms with E-state index in [1.807, 2.05) is 6.20 Å². The molecule has 0 amide bonds. The first-order valence-corrected chi connectivity index (χ1v) is 7.70. The van der Waals surface area contributed by atoms with E-state index in [1.54, 1.807) is 12.4 Å². The highest BCUT2D eigenvalue weighted by molar-refractivity contribution is 5.63. The maximum atomic E-state index is 4.31. The van der Waals surface area contributed by atoms with E-state index < -0.39 is 0 Å². The fourth-order valence-corrected chi connectivity index (χ4v) is 3.56. The van der Waals surface area contributed by atoms with E-state index in [4.69, 9.17) is 0 Å². The van der Waals surface area contributed by atoms with Crippen molar-refractivity contribution in [3.63, 3.8) is 0 Å². The largest absolute Gasteiger partial charge is 0.370 e. The van der Waals surface area contributed by atoms with Crippen molar-refractivity contribution in [3.8, 4) is 0 Å². The predicted molar refractivity (Wildman–Crippen MR) is 85.2 cm³/mol. The molecule has 0 fully saturated rings. The Morgan fingerprint density at radius 2 is 2.14 bits per heavy atom. The summed E-state index contributed by atoms with van der Waals surface area (Å²) in [6.45, 7) is 2.32. The van der Waals surface area contributed by atoms with Crippen LogP contribution >= 0.6 is 0 Å². The number of aryl methyl sites for hydroxylation is 1. The molecule has 1 aromatic carbocycles. The number of benzene rings is 1. The third-order valence-corrected chi connectivity index (χ3v) is 4.45. The Morgan fingerprint density at radius 3 is 3.05 bits per heavy atom. The summed E-state index contributed by atoms with van der Waals surface area (Å²) in [7, 11) is 0. The number of aromatic nitrogens is 2. The number of hydrogen-bond acceptors (Lipinski definition) is 3. The molecule has 1 unspecified atom stereocenters. The van der Waals surface area contributed by atoms with E-state index in [0.717, 1.165) is 18.7 Å². The average molecular weight is 277 g/mol. The Hall–Kier alpha value is -2.16. The van der Waals surface area contributed by atoms with Crippen LogP contribution in [-0.2, 0) is 12.8 Å². The van der Waals surface area contributed by atoms with Crippen LogP contribution in [0, 0.1) is 5.92 Å². The van der Waals surface area contributed by atoms with Gasteiger partial charge in [0.2, 0.25) is 0 Å². The Kier molecular flexibility index (Phi) is 3.18. The average Bonchev–Trinajstić information content (AvgIpc) is 2.54. The Morgan fingerprint density at radius 1 is 1.19 bits per heavy atom. The minimum Gasteiger partial charge on any atom is -0.370 e. The number of nitrogens with zero attached hydrogens (tertiary/aromatic N) is 3. The van der Waals surface area contributed by atoms with Crippen LogP contribution in [0.15, 0.2) is 42.9 Å². The zero-order chi connectivity index (χ0) is 14.1. The van der Waals surface area contributed by atoms with Gasteiger partial charge in [-0.3, -0.25) is 9.97 Å². The summed E-state index contributed by atoms with van der Waals surface area (Å²) in [6, 6.07) is 6.80. The molecule has 2 aliphatic heterocycles. The van der Waals surface area contributed by atoms with Crippen LogP contribution in [0.1, 0.15) is 23.2 Å². The summed E-state index contributed by atoms with van der Waals surface area (Å²) in [5.41, 5.74) is 5.51. The summed E-state index contributed by atoms with van der Waals surface area (Å²) in [4.78, 5) is 11.0. The summed E-state index contributed by atoms with van der Waals surface area (Å²) >= 11 is 0. The monoisotopic (exact) mass is 277 g/mol. The zero-order valence-corrected chi connectivity index (χ0v) is 12.1. The molecule has 2 aromatic rings. The van der Waals surface area contributed by atoms with Gasteiger partial charge >= 0.3 is 0 Å². The van der Waals surface area contributed by atoms with Crippen LogP contribution in [0.25, 0.3) is 6.08 Å². The normalized spacial score (nSPS) is 20.6. The van der Waals surface area contributed by atoms with Crippen molar-refractivity contribution in [2.45, 2.75) is 19.3 Å². The molecule has 0 saturated heterocycles. The van der Waals surface area contributed by atoms with Crippen molar-refractivity contribution >= 4 is 11.8 Å². The Balaban J connectivity index is 1.59. The second kappa shape index (κ2) is 5.32. The molecule has 3 heteroatoms. The topological polar surface area (TPSA) is 29.0 Å². The van der Waals surface area contributed by atoms with Gasteiger partial charge in [0.25, 0.3) is 0 Å². The molecule has 2 aliphatic rings. The third kappa shape index (κ3) is 2.44. The van der Waals surface area contributed by atoms with Crippen molar-refractivity contribution in [2.75, 3.05) is 18.0 Å². The molecule has 3 nitrogen and oxygen atoms in total. The Bertz CT molecular complexity index is 663. The van der Waals surface area contributed by atoms with Crippen molar-refractivity contribution < 1.29 is 0 Å². The van der Waals surface area contributed by atoms with Gasteiger partial charge in [-0.15, -0.1) is 0 Å². The summed E-state index contributed by atoms with van der Waals surface area (Å²) < 4.78 is 0. The zero-order valence-electron chi connectivity index (χ0n) is 12.1. The minimum absolute atomic E-state index is 0.563. The first-order valence-electron chi connectivity index (χ1n) is 7.70. The molecular weight excluding hydrogens is 258 g/mol. The van der Waals surface area contributed by atoms with Gasteiger partial charge in [0, 0.05) is 31.2 Å². The molecule has 3 heterocycles. The highest BCUT2D eigenvalue weighted by atomic mass is 15.1. The number of hydrogen-bond donors (Lipinski definition) is 0. The third-order valence-electron chi connectivity index (χ3n) is 4.45. The molecule has 1 aromatic heterocycles. The molecule has 0 bridgehead atoms. The SMILES string of the molecule is C(=CC1Cc2cccc3c2N(CCC3)C1)c1cnccn1. The summed E-state index contributed by atoms with van der Waals surface area (Å²) in [5, 5.41) is 0. The van der Waals surface area contributed by atoms with Crippen LogP contribution in [0.3, 0.4) is 0 Å². The molecule has 1 atom stereocenters. The fraction of sp³-hybridized carbons (Fsp3) is 0.333. The van der Waals surface area contributed by atoms with Crippen LogP contribution in [0.2, 0.25) is 0 Å². The van der Waals surface area contributed by atoms with E-state index in [0.29, 0.717) is 5.92 Å². The van der Waals surface area contributed by atoms with Gasteiger partial charge in [0.15, 0.2) is 0 Å². The maximum absolute atomic E-state index is 4.31. The van der Waals surface area contributed by atoms with E-state index in [2.05, 4.69) is 45.2 Å². The van der Waals surface area contributed by atoms with Gasteiger partial charge in [-0.1, -0.05) is 24.3 Å². The molecule has 0 N–H and O–H groups in total. The first-order chi connectivity index (χ1) is 10.4. The van der Waals surface area contributed by atoms with Gasteiger partial charge < -0.3 is 4.90 Å². The van der Waals surface area contributed by atoms with Gasteiger partial charge in [-0.25, -0.2) is 0 Å². The Labute approximate surface area is 125 Å². The first kappa shape index (κ1) is 12.6. The van der Waals surface area contributed by atoms with Crippen LogP contribution in [0.4, 0.5) is 5.69 Å². The van der Waals surface area contributed by atoms with Crippen LogP contribution in [0.5, 0.6) is 0 Å². The lowest BCUT2D eigenvalue weighted by molar-refractivity contribution is 0.556. The lowest BCUT2D eigenvalue weighted by atomic mass is 9.87. The molecule has 4 rings (SSSR count). The maximum Gasteiger partial charge on any atom is 0.0809 e. The van der Waals surface area contributed by atoms with Gasteiger partial charge in [-0.05, 0) is 42.4 Å². The second-order valence-corrected chi connectivity index (χ2v) is 5.93. The number of anilines is 1. The highest BCUT2D eigenvalue weighted by Gasteiger charge is 2.27. The predicted octanol–water partition coefficient (Wildman–Crippen LogP) is 3.11. The van der Waals surface area contributed by atoms with E-state index >= 15 is 0 Å². The number of para-hydroxylation sites is 1. The molecule has 0 aliphatic carbocycles.